The van der Waals surface area contributed by atoms with Gasteiger partial charge in [-0.2, -0.15) is 0 Å². The molecule has 1 aromatic heterocycles. The van der Waals surface area contributed by atoms with Crippen molar-refractivity contribution in [1.29, 1.82) is 0 Å². The molecular weight excluding hydrogens is 300 g/mol. The molecule has 2 N–H and O–H groups in total. The van der Waals surface area contributed by atoms with Gasteiger partial charge in [-0.25, -0.2) is 9.97 Å². The number of aryl methyl sites for hydroxylation is 1. The van der Waals surface area contributed by atoms with Gasteiger partial charge in [0.15, 0.2) is 0 Å². The minimum atomic E-state index is -0.109. The number of carbonyl (C=O) groups is 1. The van der Waals surface area contributed by atoms with Crippen LogP contribution in [0.1, 0.15) is 60.4 Å². The van der Waals surface area contributed by atoms with Crippen LogP contribution in [0.15, 0.2) is 36.4 Å². The molecule has 126 valence electrons. The Bertz CT molecular complexity index is 696. The average Bonchev–Trinajstić information content (AvgIpc) is 3.08. The number of benzene rings is 1. The summed E-state index contributed by atoms with van der Waals surface area (Å²) in [6.45, 7) is 3.94. The van der Waals surface area contributed by atoms with Crippen LogP contribution in [0.25, 0.3) is 0 Å². The summed E-state index contributed by atoms with van der Waals surface area (Å²) in [5, 5.41) is 6.36. The molecule has 1 aliphatic carbocycles. The molecular formula is C19H24N4O. The number of hydrogen-bond acceptors (Lipinski definition) is 4. The molecule has 0 aliphatic heterocycles. The molecule has 0 spiro atoms. The second-order valence-electron chi connectivity index (χ2n) is 6.45. The second kappa shape index (κ2) is 7.43. The molecule has 2 aromatic rings. The van der Waals surface area contributed by atoms with Crippen LogP contribution in [0, 0.1) is 6.92 Å². The lowest BCUT2D eigenvalue weighted by molar-refractivity contribution is 0.0932. The number of anilines is 1. The third-order valence-corrected chi connectivity index (χ3v) is 4.42. The third-order valence-electron chi connectivity index (χ3n) is 4.42. The topological polar surface area (TPSA) is 66.9 Å². The molecule has 1 saturated carbocycles. The van der Waals surface area contributed by atoms with Crippen LogP contribution >= 0.6 is 0 Å². The Balaban J connectivity index is 1.72. The first kappa shape index (κ1) is 16.4. The highest BCUT2D eigenvalue weighted by Crippen LogP contribution is 2.19. The monoisotopic (exact) mass is 324 g/mol. The van der Waals surface area contributed by atoms with Crippen molar-refractivity contribution >= 4 is 11.9 Å². The summed E-state index contributed by atoms with van der Waals surface area (Å²) in [6, 6.07) is 12.2. The van der Waals surface area contributed by atoms with Crippen LogP contribution in [0.5, 0.6) is 0 Å². The van der Waals surface area contributed by atoms with Gasteiger partial charge in [0, 0.05) is 11.7 Å². The van der Waals surface area contributed by atoms with Gasteiger partial charge in [-0.05, 0) is 38.3 Å². The molecule has 1 aliphatic rings. The van der Waals surface area contributed by atoms with Crippen molar-refractivity contribution in [2.24, 2.45) is 0 Å². The van der Waals surface area contributed by atoms with Crippen molar-refractivity contribution in [3.05, 3.63) is 53.3 Å². The molecule has 0 bridgehead atoms. The van der Waals surface area contributed by atoms with Crippen molar-refractivity contribution in [2.45, 2.75) is 51.6 Å². The van der Waals surface area contributed by atoms with Crippen molar-refractivity contribution in [2.75, 3.05) is 5.32 Å². The fourth-order valence-corrected chi connectivity index (χ4v) is 3.10. The fourth-order valence-electron chi connectivity index (χ4n) is 3.10. The maximum absolute atomic E-state index is 12.4. The Labute approximate surface area is 142 Å². The van der Waals surface area contributed by atoms with E-state index >= 15 is 0 Å². The van der Waals surface area contributed by atoms with E-state index in [1.165, 1.54) is 12.8 Å². The van der Waals surface area contributed by atoms with Crippen LogP contribution in [-0.4, -0.2) is 21.9 Å². The smallest absolute Gasteiger partial charge is 0.270 e. The van der Waals surface area contributed by atoms with Crippen LogP contribution in [0.3, 0.4) is 0 Å². The Kier molecular flexibility index (Phi) is 5.08. The SMILES string of the molecule is Cc1cc(C(=O)NC2CCCC2)nc(NC(C)c2ccccc2)n1. The Hall–Kier alpha value is -2.43. The Morgan fingerprint density at radius 3 is 2.58 bits per heavy atom. The number of rotatable bonds is 5. The molecule has 1 atom stereocenters. The lowest BCUT2D eigenvalue weighted by Crippen LogP contribution is -2.33. The first-order chi connectivity index (χ1) is 11.6. The van der Waals surface area contributed by atoms with E-state index in [0.29, 0.717) is 11.6 Å². The molecule has 0 saturated heterocycles. The van der Waals surface area contributed by atoms with Crippen molar-refractivity contribution < 1.29 is 4.79 Å². The van der Waals surface area contributed by atoms with Crippen molar-refractivity contribution in [1.82, 2.24) is 15.3 Å². The van der Waals surface area contributed by atoms with Gasteiger partial charge >= 0.3 is 0 Å². The number of aromatic nitrogens is 2. The highest BCUT2D eigenvalue weighted by atomic mass is 16.1. The average molecular weight is 324 g/mol. The van der Waals surface area contributed by atoms with E-state index in [-0.39, 0.29) is 18.0 Å². The minimum absolute atomic E-state index is 0.0683. The predicted octanol–water partition coefficient (Wildman–Crippen LogP) is 3.63. The van der Waals surface area contributed by atoms with Gasteiger partial charge < -0.3 is 10.6 Å². The fraction of sp³-hybridized carbons (Fsp3) is 0.421. The van der Waals surface area contributed by atoms with E-state index in [9.17, 15) is 4.79 Å². The summed E-state index contributed by atoms with van der Waals surface area (Å²) in [5.41, 5.74) is 2.36. The minimum Gasteiger partial charge on any atom is -0.348 e. The molecule has 1 aromatic carbocycles. The summed E-state index contributed by atoms with van der Waals surface area (Å²) >= 11 is 0. The number of hydrogen-bond donors (Lipinski definition) is 2. The van der Waals surface area contributed by atoms with Crippen LogP contribution in [-0.2, 0) is 0 Å². The van der Waals surface area contributed by atoms with Gasteiger partial charge in [0.25, 0.3) is 5.91 Å². The molecule has 1 heterocycles. The summed E-state index contributed by atoms with van der Waals surface area (Å²) in [6.07, 6.45) is 4.50. The van der Waals surface area contributed by atoms with Crippen LogP contribution in [0.2, 0.25) is 0 Å². The highest BCUT2D eigenvalue weighted by molar-refractivity contribution is 5.92. The first-order valence-electron chi connectivity index (χ1n) is 8.60. The van der Waals surface area contributed by atoms with Gasteiger partial charge in [0.2, 0.25) is 5.95 Å². The van der Waals surface area contributed by atoms with Gasteiger partial charge in [0.05, 0.1) is 6.04 Å². The Morgan fingerprint density at radius 1 is 1.17 bits per heavy atom. The van der Waals surface area contributed by atoms with Crippen molar-refractivity contribution in [3.63, 3.8) is 0 Å². The van der Waals surface area contributed by atoms with Gasteiger partial charge in [-0.1, -0.05) is 43.2 Å². The van der Waals surface area contributed by atoms with Gasteiger partial charge in [0.1, 0.15) is 5.69 Å². The van der Waals surface area contributed by atoms with E-state index in [1.807, 2.05) is 25.1 Å². The molecule has 5 nitrogen and oxygen atoms in total. The molecule has 1 unspecified atom stereocenters. The third kappa shape index (κ3) is 4.10. The van der Waals surface area contributed by atoms with Crippen LogP contribution in [0.4, 0.5) is 5.95 Å². The predicted molar refractivity (Wildman–Crippen MR) is 95.0 cm³/mol. The molecule has 24 heavy (non-hydrogen) atoms. The largest absolute Gasteiger partial charge is 0.348 e. The lowest BCUT2D eigenvalue weighted by atomic mass is 10.1. The highest BCUT2D eigenvalue weighted by Gasteiger charge is 2.19. The quantitative estimate of drug-likeness (QED) is 0.881. The summed E-state index contributed by atoms with van der Waals surface area (Å²) in [4.78, 5) is 21.2. The zero-order chi connectivity index (χ0) is 16.9. The van der Waals surface area contributed by atoms with Crippen LogP contribution < -0.4 is 10.6 Å². The molecule has 1 amide bonds. The van der Waals surface area contributed by atoms with Crippen molar-refractivity contribution in [3.8, 4) is 0 Å². The number of nitrogens with zero attached hydrogens (tertiary/aromatic N) is 2. The van der Waals surface area contributed by atoms with E-state index in [4.69, 9.17) is 0 Å². The maximum Gasteiger partial charge on any atom is 0.270 e. The summed E-state index contributed by atoms with van der Waals surface area (Å²) in [7, 11) is 0. The lowest BCUT2D eigenvalue weighted by Gasteiger charge is -2.16. The van der Waals surface area contributed by atoms with E-state index in [0.717, 1.165) is 24.1 Å². The van der Waals surface area contributed by atoms with E-state index < -0.39 is 0 Å². The zero-order valence-electron chi connectivity index (χ0n) is 14.2. The molecule has 3 rings (SSSR count). The Morgan fingerprint density at radius 2 is 1.88 bits per heavy atom. The number of nitrogens with one attached hydrogen (secondary N) is 2. The molecule has 0 radical (unpaired) electrons. The number of carbonyl (C=O) groups excluding carboxylic acids is 1. The molecule has 5 heteroatoms. The maximum atomic E-state index is 12.4. The standard InChI is InChI=1S/C19H24N4O/c1-13-12-17(18(24)22-16-10-6-7-11-16)23-19(20-13)21-14(2)15-8-4-3-5-9-15/h3-5,8-9,12,14,16H,6-7,10-11H2,1-2H3,(H,22,24)(H,20,21,23). The second-order valence-corrected chi connectivity index (χ2v) is 6.45. The summed E-state index contributed by atoms with van der Waals surface area (Å²) < 4.78 is 0. The molecule has 1 fully saturated rings. The van der Waals surface area contributed by atoms with E-state index in [2.05, 4.69) is 39.7 Å². The summed E-state index contributed by atoms with van der Waals surface area (Å²) in [5.74, 6) is 0.380. The normalized spacial score (nSPS) is 15.9. The van der Waals surface area contributed by atoms with Gasteiger partial charge in [-0.15, -0.1) is 0 Å². The zero-order valence-corrected chi connectivity index (χ0v) is 14.2. The number of amides is 1. The van der Waals surface area contributed by atoms with Gasteiger partial charge in [-0.3, -0.25) is 4.79 Å². The van der Waals surface area contributed by atoms with E-state index in [1.54, 1.807) is 6.07 Å². The first-order valence-corrected chi connectivity index (χ1v) is 8.60.